The standard InChI is InChI=1S/C7H11NOSi/c8-7-4-2-1-3-6(7)5-9-10/h1-4H,5,8H2,10H3. The fraction of sp³-hybridized carbons (Fsp3) is 0.143. The van der Waals surface area contributed by atoms with Gasteiger partial charge in [0.25, 0.3) is 0 Å². The summed E-state index contributed by atoms with van der Waals surface area (Å²) in [7, 11) is 0.766. The maximum atomic E-state index is 5.64. The van der Waals surface area contributed by atoms with Crippen molar-refractivity contribution < 1.29 is 4.43 Å². The Morgan fingerprint density at radius 1 is 1.40 bits per heavy atom. The molecule has 1 aromatic rings. The molecule has 0 unspecified atom stereocenters. The second-order valence-electron chi connectivity index (χ2n) is 2.13. The molecular weight excluding hydrogens is 142 g/mol. The van der Waals surface area contributed by atoms with Gasteiger partial charge in [0, 0.05) is 5.69 Å². The molecule has 0 aliphatic rings. The average molecular weight is 153 g/mol. The summed E-state index contributed by atoms with van der Waals surface area (Å²) in [5, 5.41) is 0. The van der Waals surface area contributed by atoms with Gasteiger partial charge in [-0.3, -0.25) is 0 Å². The van der Waals surface area contributed by atoms with E-state index in [1.165, 1.54) is 0 Å². The van der Waals surface area contributed by atoms with Crippen LogP contribution >= 0.6 is 0 Å². The van der Waals surface area contributed by atoms with Crippen LogP contribution in [0.5, 0.6) is 0 Å². The van der Waals surface area contributed by atoms with Crippen LogP contribution in [0.1, 0.15) is 5.56 Å². The number of nitrogens with two attached hydrogens (primary N) is 1. The number of hydrogen-bond acceptors (Lipinski definition) is 2. The predicted octanol–water partition coefficient (Wildman–Crippen LogP) is 0.0658. The normalized spacial score (nSPS) is 10.0. The van der Waals surface area contributed by atoms with Gasteiger partial charge in [-0.15, -0.1) is 0 Å². The summed E-state index contributed by atoms with van der Waals surface area (Å²) < 4.78 is 5.07. The van der Waals surface area contributed by atoms with Crippen LogP contribution in [0, 0.1) is 0 Å². The molecule has 0 atom stereocenters. The van der Waals surface area contributed by atoms with E-state index in [9.17, 15) is 0 Å². The molecule has 0 aliphatic carbocycles. The van der Waals surface area contributed by atoms with Crippen molar-refractivity contribution in [3.8, 4) is 0 Å². The Balaban J connectivity index is 2.81. The molecule has 0 saturated heterocycles. The zero-order chi connectivity index (χ0) is 7.40. The summed E-state index contributed by atoms with van der Waals surface area (Å²) in [4.78, 5) is 0. The lowest BCUT2D eigenvalue weighted by Crippen LogP contribution is -1.94. The van der Waals surface area contributed by atoms with Crippen LogP contribution in [-0.2, 0) is 11.0 Å². The SMILES string of the molecule is Nc1ccccc1CO[SiH3]. The zero-order valence-electron chi connectivity index (χ0n) is 6.00. The first-order chi connectivity index (χ1) is 4.84. The van der Waals surface area contributed by atoms with E-state index in [1.807, 2.05) is 24.3 Å². The fourth-order valence-electron chi connectivity index (χ4n) is 0.821. The lowest BCUT2D eigenvalue weighted by molar-refractivity contribution is 0.339. The third-order valence-corrected chi connectivity index (χ3v) is 1.64. The Morgan fingerprint density at radius 2 is 2.10 bits per heavy atom. The molecule has 0 aromatic heterocycles. The minimum Gasteiger partial charge on any atom is -0.424 e. The van der Waals surface area contributed by atoms with Gasteiger partial charge in [0.15, 0.2) is 0 Å². The number of hydrogen-bond donors (Lipinski definition) is 1. The monoisotopic (exact) mass is 153 g/mol. The minimum absolute atomic E-state index is 0.652. The summed E-state index contributed by atoms with van der Waals surface area (Å²) in [5.74, 6) is 0. The van der Waals surface area contributed by atoms with Crippen molar-refractivity contribution in [1.82, 2.24) is 0 Å². The number of rotatable bonds is 2. The van der Waals surface area contributed by atoms with Crippen LogP contribution in [0.2, 0.25) is 0 Å². The third-order valence-electron chi connectivity index (χ3n) is 1.35. The Labute approximate surface area is 63.5 Å². The molecule has 2 N–H and O–H groups in total. The van der Waals surface area contributed by atoms with Gasteiger partial charge >= 0.3 is 0 Å². The second kappa shape index (κ2) is 3.39. The molecular formula is C7H11NOSi. The third kappa shape index (κ3) is 1.59. The molecule has 10 heavy (non-hydrogen) atoms. The Morgan fingerprint density at radius 3 is 2.70 bits per heavy atom. The first-order valence-electron chi connectivity index (χ1n) is 3.17. The van der Waals surface area contributed by atoms with Crippen molar-refractivity contribution in [1.29, 1.82) is 0 Å². The predicted molar refractivity (Wildman–Crippen MR) is 45.6 cm³/mol. The van der Waals surface area contributed by atoms with Gasteiger partial charge in [0.1, 0.15) is 10.5 Å². The molecule has 1 rings (SSSR count). The highest BCUT2D eigenvalue weighted by atomic mass is 28.2. The fourth-order valence-corrected chi connectivity index (χ4v) is 1.13. The van der Waals surface area contributed by atoms with Crippen LogP contribution in [0.25, 0.3) is 0 Å². The number of benzene rings is 1. The molecule has 0 spiro atoms. The molecule has 2 nitrogen and oxygen atoms in total. The second-order valence-corrected chi connectivity index (χ2v) is 2.71. The molecule has 0 radical (unpaired) electrons. The van der Waals surface area contributed by atoms with E-state index in [1.54, 1.807) is 0 Å². The van der Waals surface area contributed by atoms with E-state index in [0.717, 1.165) is 21.7 Å². The van der Waals surface area contributed by atoms with Crippen LogP contribution < -0.4 is 5.73 Å². The highest BCUT2D eigenvalue weighted by Crippen LogP contribution is 2.10. The lowest BCUT2D eigenvalue weighted by atomic mass is 10.2. The largest absolute Gasteiger partial charge is 0.424 e. The maximum Gasteiger partial charge on any atom is 0.146 e. The van der Waals surface area contributed by atoms with Crippen molar-refractivity contribution in [3.05, 3.63) is 29.8 Å². The van der Waals surface area contributed by atoms with Crippen molar-refractivity contribution >= 4 is 16.2 Å². The molecule has 0 amide bonds. The smallest absolute Gasteiger partial charge is 0.146 e. The maximum absolute atomic E-state index is 5.64. The summed E-state index contributed by atoms with van der Waals surface area (Å²) >= 11 is 0. The molecule has 0 fully saturated rings. The van der Waals surface area contributed by atoms with Gasteiger partial charge in [-0.05, 0) is 11.6 Å². The van der Waals surface area contributed by atoms with Crippen LogP contribution in [0.15, 0.2) is 24.3 Å². The summed E-state index contributed by atoms with van der Waals surface area (Å²) in [6.07, 6.45) is 0. The number of nitrogen functional groups attached to an aromatic ring is 1. The molecule has 0 saturated carbocycles. The first-order valence-corrected chi connectivity index (χ1v) is 3.98. The van der Waals surface area contributed by atoms with Gasteiger partial charge in [-0.1, -0.05) is 18.2 Å². The molecule has 1 aromatic carbocycles. The van der Waals surface area contributed by atoms with Crippen molar-refractivity contribution in [3.63, 3.8) is 0 Å². The number of anilines is 1. The Kier molecular flexibility index (Phi) is 2.47. The topological polar surface area (TPSA) is 35.2 Å². The molecule has 0 aliphatic heterocycles. The van der Waals surface area contributed by atoms with Crippen molar-refractivity contribution in [2.24, 2.45) is 0 Å². The van der Waals surface area contributed by atoms with Crippen LogP contribution in [0.3, 0.4) is 0 Å². The summed E-state index contributed by atoms with van der Waals surface area (Å²) in [6.45, 7) is 0.652. The minimum atomic E-state index is 0.652. The first kappa shape index (κ1) is 7.31. The summed E-state index contributed by atoms with van der Waals surface area (Å²) in [5.41, 5.74) is 7.54. The van der Waals surface area contributed by atoms with E-state index >= 15 is 0 Å². The highest BCUT2D eigenvalue weighted by molar-refractivity contribution is 5.97. The highest BCUT2D eigenvalue weighted by Gasteiger charge is 1.93. The molecule has 0 heterocycles. The summed E-state index contributed by atoms with van der Waals surface area (Å²) in [6, 6.07) is 7.75. The van der Waals surface area contributed by atoms with Crippen molar-refractivity contribution in [2.75, 3.05) is 5.73 Å². The van der Waals surface area contributed by atoms with E-state index in [0.29, 0.717) is 6.61 Å². The van der Waals surface area contributed by atoms with Gasteiger partial charge in [0.2, 0.25) is 0 Å². The van der Waals surface area contributed by atoms with Gasteiger partial charge in [-0.2, -0.15) is 0 Å². The number of para-hydroxylation sites is 1. The Bertz CT molecular complexity index is 215. The Hall–Kier alpha value is -0.803. The molecule has 0 bridgehead atoms. The van der Waals surface area contributed by atoms with Gasteiger partial charge < -0.3 is 10.2 Å². The zero-order valence-corrected chi connectivity index (χ0v) is 8.00. The van der Waals surface area contributed by atoms with Gasteiger partial charge in [-0.25, -0.2) is 0 Å². The van der Waals surface area contributed by atoms with E-state index < -0.39 is 0 Å². The molecule has 54 valence electrons. The quantitative estimate of drug-likeness (QED) is 0.482. The van der Waals surface area contributed by atoms with E-state index in [-0.39, 0.29) is 0 Å². The van der Waals surface area contributed by atoms with Crippen LogP contribution in [-0.4, -0.2) is 10.5 Å². The average Bonchev–Trinajstić information content (AvgIpc) is 1.94. The lowest BCUT2D eigenvalue weighted by Gasteiger charge is -2.02. The van der Waals surface area contributed by atoms with Crippen LogP contribution in [0.4, 0.5) is 5.69 Å². The van der Waals surface area contributed by atoms with Crippen molar-refractivity contribution in [2.45, 2.75) is 6.61 Å². The van der Waals surface area contributed by atoms with E-state index in [2.05, 4.69) is 0 Å². The molecule has 3 heteroatoms. The van der Waals surface area contributed by atoms with E-state index in [4.69, 9.17) is 10.2 Å². The van der Waals surface area contributed by atoms with Gasteiger partial charge in [0.05, 0.1) is 6.61 Å².